The number of aromatic nitrogens is 3. The first kappa shape index (κ1) is 18.8. The quantitative estimate of drug-likeness (QED) is 0.714. The number of ketones is 1. The number of benzene rings is 1. The average Bonchev–Trinajstić information content (AvgIpc) is 3.12. The van der Waals surface area contributed by atoms with Gasteiger partial charge in [0.1, 0.15) is 10.8 Å². The van der Waals surface area contributed by atoms with Gasteiger partial charge >= 0.3 is 0 Å². The summed E-state index contributed by atoms with van der Waals surface area (Å²) in [6.45, 7) is 4.17. The van der Waals surface area contributed by atoms with Gasteiger partial charge in [0.05, 0.1) is 12.2 Å². The first-order valence-electron chi connectivity index (χ1n) is 9.02. The van der Waals surface area contributed by atoms with Crippen molar-refractivity contribution in [1.29, 1.82) is 0 Å². The van der Waals surface area contributed by atoms with Crippen LogP contribution in [0.15, 0.2) is 58.6 Å². The predicted molar refractivity (Wildman–Crippen MR) is 114 cm³/mol. The summed E-state index contributed by atoms with van der Waals surface area (Å²) in [5, 5.41) is 5.29. The standard InChI is InChI=1S/C21H18N4O3S/c1-3-28-17-11-13(8-9-16(17)26)10-15-18(22)25-21(23-19(15)27)29-20(24-25)14-7-5-4-6-12(14)2/h4-11H,3,22H2,1-2H3/b13-10+. The number of rotatable bonds is 4. The minimum absolute atomic E-state index is 0.195. The van der Waals surface area contributed by atoms with Gasteiger partial charge in [-0.25, -0.2) is 0 Å². The van der Waals surface area contributed by atoms with Gasteiger partial charge in [-0.2, -0.15) is 14.6 Å². The molecule has 2 N–H and O–H groups in total. The van der Waals surface area contributed by atoms with E-state index in [4.69, 9.17) is 10.5 Å². The maximum Gasteiger partial charge on any atom is 0.283 e. The Morgan fingerprint density at radius 3 is 2.79 bits per heavy atom. The minimum atomic E-state index is -0.452. The molecule has 0 unspecified atom stereocenters. The van der Waals surface area contributed by atoms with Gasteiger partial charge in [-0.05, 0) is 43.2 Å². The van der Waals surface area contributed by atoms with Gasteiger partial charge in [-0.1, -0.05) is 41.7 Å². The Labute approximate surface area is 170 Å². The van der Waals surface area contributed by atoms with Crippen LogP contribution >= 0.6 is 11.3 Å². The summed E-state index contributed by atoms with van der Waals surface area (Å²) < 4.78 is 6.81. The highest BCUT2D eigenvalue weighted by atomic mass is 32.1. The molecule has 29 heavy (non-hydrogen) atoms. The molecular formula is C21H18N4O3S. The molecular weight excluding hydrogens is 388 g/mol. The van der Waals surface area contributed by atoms with Crippen LogP contribution in [-0.2, 0) is 9.53 Å². The molecule has 0 atom stereocenters. The Bertz CT molecular complexity index is 1280. The Morgan fingerprint density at radius 1 is 1.24 bits per heavy atom. The van der Waals surface area contributed by atoms with E-state index in [1.165, 1.54) is 21.9 Å². The van der Waals surface area contributed by atoms with Crippen LogP contribution in [0.25, 0.3) is 21.6 Å². The number of hydrogen-bond donors (Lipinski definition) is 1. The van der Waals surface area contributed by atoms with Crippen molar-refractivity contribution in [3.05, 3.63) is 75.3 Å². The van der Waals surface area contributed by atoms with Crippen molar-refractivity contribution in [2.45, 2.75) is 13.8 Å². The fraction of sp³-hybridized carbons (Fsp3) is 0.143. The first-order chi connectivity index (χ1) is 14.0. The zero-order valence-corrected chi connectivity index (χ0v) is 16.7. The molecule has 0 radical (unpaired) electrons. The summed E-state index contributed by atoms with van der Waals surface area (Å²) in [6.07, 6.45) is 6.18. The second-order valence-corrected chi connectivity index (χ2v) is 7.37. The Hall–Kier alpha value is -3.52. The van der Waals surface area contributed by atoms with E-state index < -0.39 is 5.56 Å². The minimum Gasteiger partial charge on any atom is -0.490 e. The lowest BCUT2D eigenvalue weighted by Crippen LogP contribution is -2.17. The van der Waals surface area contributed by atoms with Crippen molar-refractivity contribution in [1.82, 2.24) is 14.6 Å². The van der Waals surface area contributed by atoms with E-state index in [9.17, 15) is 9.59 Å². The number of allylic oxidation sites excluding steroid dienone is 4. The molecule has 0 saturated carbocycles. The molecule has 146 valence electrons. The predicted octanol–water partition coefficient (Wildman–Crippen LogP) is 3.15. The normalized spacial score (nSPS) is 15.2. The lowest BCUT2D eigenvalue weighted by molar-refractivity contribution is -0.114. The highest BCUT2D eigenvalue weighted by molar-refractivity contribution is 7.19. The number of fused-ring (bicyclic) bond motifs is 1. The molecule has 0 bridgehead atoms. The Balaban J connectivity index is 1.83. The van der Waals surface area contributed by atoms with Gasteiger partial charge < -0.3 is 10.5 Å². The highest BCUT2D eigenvalue weighted by Crippen LogP contribution is 2.29. The van der Waals surface area contributed by atoms with Crippen molar-refractivity contribution in [2.24, 2.45) is 0 Å². The number of anilines is 1. The number of aryl methyl sites for hydroxylation is 1. The molecule has 2 heterocycles. The molecule has 1 aliphatic rings. The number of ether oxygens (including phenoxy) is 1. The Kier molecular flexibility index (Phi) is 4.85. The summed E-state index contributed by atoms with van der Waals surface area (Å²) in [6, 6.07) is 7.85. The van der Waals surface area contributed by atoms with Crippen LogP contribution in [0.2, 0.25) is 0 Å². The lowest BCUT2D eigenvalue weighted by atomic mass is 10.0. The third kappa shape index (κ3) is 3.50. The largest absolute Gasteiger partial charge is 0.490 e. The van der Waals surface area contributed by atoms with Crippen LogP contribution in [0.5, 0.6) is 0 Å². The van der Waals surface area contributed by atoms with Gasteiger partial charge in [0, 0.05) is 5.56 Å². The number of hydrogen-bond acceptors (Lipinski definition) is 7. The molecule has 0 aliphatic heterocycles. The number of carbonyl (C=O) groups is 1. The van der Waals surface area contributed by atoms with Crippen molar-refractivity contribution in [3.8, 4) is 10.6 Å². The molecule has 3 aromatic rings. The van der Waals surface area contributed by atoms with Gasteiger partial charge in [0.25, 0.3) is 5.56 Å². The van der Waals surface area contributed by atoms with Crippen LogP contribution in [0.1, 0.15) is 18.1 Å². The molecule has 1 aliphatic carbocycles. The molecule has 0 amide bonds. The summed E-state index contributed by atoms with van der Waals surface area (Å²) in [5.74, 6) is 0.203. The van der Waals surface area contributed by atoms with Crippen LogP contribution in [0.4, 0.5) is 5.82 Å². The topological polar surface area (TPSA) is 99.6 Å². The van der Waals surface area contributed by atoms with Crippen LogP contribution < -0.4 is 11.3 Å². The molecule has 0 saturated heterocycles. The van der Waals surface area contributed by atoms with Crippen molar-refractivity contribution in [3.63, 3.8) is 0 Å². The number of nitrogens with zero attached hydrogens (tertiary/aromatic N) is 3. The third-order valence-corrected chi connectivity index (χ3v) is 5.39. The van der Waals surface area contributed by atoms with E-state index in [0.29, 0.717) is 17.1 Å². The van der Waals surface area contributed by atoms with Crippen LogP contribution in [0.3, 0.4) is 0 Å². The number of nitrogens with two attached hydrogens (primary N) is 1. The van der Waals surface area contributed by atoms with Gasteiger partial charge in [-0.3, -0.25) is 9.59 Å². The SMILES string of the molecule is CCOC1=C/C(=C/c2c(N)n3nc(-c4ccccc4C)sc3nc2=O)C=CC1=O. The number of carbonyl (C=O) groups excluding carboxylic acids is 1. The van der Waals surface area contributed by atoms with Crippen LogP contribution in [0, 0.1) is 6.92 Å². The second-order valence-electron chi connectivity index (χ2n) is 6.42. The molecule has 0 spiro atoms. The molecule has 7 nitrogen and oxygen atoms in total. The van der Waals surface area contributed by atoms with Gasteiger partial charge in [0.15, 0.2) is 5.76 Å². The van der Waals surface area contributed by atoms with E-state index >= 15 is 0 Å². The van der Waals surface area contributed by atoms with E-state index in [-0.39, 0.29) is 22.9 Å². The van der Waals surface area contributed by atoms with Crippen molar-refractivity contribution >= 4 is 34.0 Å². The number of nitrogen functional groups attached to an aromatic ring is 1. The van der Waals surface area contributed by atoms with E-state index in [2.05, 4.69) is 10.1 Å². The van der Waals surface area contributed by atoms with Crippen LogP contribution in [-0.4, -0.2) is 27.0 Å². The second kappa shape index (κ2) is 7.48. The molecule has 2 aromatic heterocycles. The summed E-state index contributed by atoms with van der Waals surface area (Å²) in [4.78, 5) is 29.0. The maximum absolute atomic E-state index is 12.6. The zero-order valence-electron chi connectivity index (χ0n) is 15.9. The highest BCUT2D eigenvalue weighted by Gasteiger charge is 2.17. The van der Waals surface area contributed by atoms with E-state index in [0.717, 1.165) is 16.1 Å². The Morgan fingerprint density at radius 2 is 2.03 bits per heavy atom. The van der Waals surface area contributed by atoms with E-state index in [1.807, 2.05) is 31.2 Å². The first-order valence-corrected chi connectivity index (χ1v) is 9.83. The smallest absolute Gasteiger partial charge is 0.283 e. The molecule has 8 heteroatoms. The summed E-state index contributed by atoms with van der Waals surface area (Å²) in [5.41, 5.74) is 8.68. The monoisotopic (exact) mass is 406 g/mol. The molecule has 4 rings (SSSR count). The fourth-order valence-electron chi connectivity index (χ4n) is 2.99. The summed E-state index contributed by atoms with van der Waals surface area (Å²) in [7, 11) is 0. The van der Waals surface area contributed by atoms with Crippen molar-refractivity contribution < 1.29 is 9.53 Å². The van der Waals surface area contributed by atoms with Gasteiger partial charge in [0.2, 0.25) is 10.7 Å². The average molecular weight is 406 g/mol. The molecule has 0 fully saturated rings. The lowest BCUT2D eigenvalue weighted by Gasteiger charge is -2.10. The molecule has 1 aromatic carbocycles. The van der Waals surface area contributed by atoms with Gasteiger partial charge in [-0.15, -0.1) is 0 Å². The maximum atomic E-state index is 12.6. The third-order valence-electron chi connectivity index (χ3n) is 4.45. The van der Waals surface area contributed by atoms with E-state index in [1.54, 1.807) is 25.2 Å². The summed E-state index contributed by atoms with van der Waals surface area (Å²) >= 11 is 1.30. The van der Waals surface area contributed by atoms with Crippen molar-refractivity contribution in [2.75, 3.05) is 12.3 Å². The zero-order chi connectivity index (χ0) is 20.5. The fourth-order valence-corrected chi connectivity index (χ4v) is 3.98.